The summed E-state index contributed by atoms with van der Waals surface area (Å²) >= 11 is 0. The second-order valence-corrected chi connectivity index (χ2v) is 8.03. The number of aliphatic hydroxyl groups is 1. The number of hydrogen-bond donors (Lipinski definition) is 2. The molecule has 0 spiro atoms. The summed E-state index contributed by atoms with van der Waals surface area (Å²) in [5, 5.41) is 15.0. The molecule has 4 aromatic carbocycles. The maximum Gasteiger partial charge on any atom is 0.248 e. The SMILES string of the molecule is COc1ccc(/C=C/C(=O)Nc2ccccc2[C@@](O)(Cc2ccccc2)c2ccccc2)cc1. The van der Waals surface area contributed by atoms with Gasteiger partial charge >= 0.3 is 0 Å². The van der Waals surface area contributed by atoms with Gasteiger partial charge in [0.1, 0.15) is 11.4 Å². The number of para-hydroxylation sites is 1. The molecule has 4 aromatic rings. The van der Waals surface area contributed by atoms with Crippen molar-refractivity contribution in [1.29, 1.82) is 0 Å². The van der Waals surface area contributed by atoms with E-state index in [2.05, 4.69) is 5.32 Å². The van der Waals surface area contributed by atoms with Gasteiger partial charge in [-0.15, -0.1) is 0 Å². The highest BCUT2D eigenvalue weighted by atomic mass is 16.5. The summed E-state index contributed by atoms with van der Waals surface area (Å²) in [6.45, 7) is 0. The maximum atomic E-state index is 12.8. The number of hydrogen-bond acceptors (Lipinski definition) is 3. The normalized spacial score (nSPS) is 12.8. The van der Waals surface area contributed by atoms with Crippen LogP contribution in [0, 0.1) is 0 Å². The lowest BCUT2D eigenvalue weighted by Crippen LogP contribution is -2.31. The second kappa shape index (κ2) is 10.6. The zero-order valence-electron chi connectivity index (χ0n) is 19.0. The van der Waals surface area contributed by atoms with Gasteiger partial charge in [0.05, 0.1) is 7.11 Å². The van der Waals surface area contributed by atoms with Crippen LogP contribution in [0.25, 0.3) is 6.08 Å². The van der Waals surface area contributed by atoms with Crippen molar-refractivity contribution in [3.63, 3.8) is 0 Å². The molecule has 0 aliphatic heterocycles. The summed E-state index contributed by atoms with van der Waals surface area (Å²) in [5.41, 5.74) is 2.51. The van der Waals surface area contributed by atoms with Crippen molar-refractivity contribution in [1.82, 2.24) is 0 Å². The van der Waals surface area contributed by atoms with Gasteiger partial charge in [-0.2, -0.15) is 0 Å². The van der Waals surface area contributed by atoms with Gasteiger partial charge in [0.2, 0.25) is 5.91 Å². The monoisotopic (exact) mass is 449 g/mol. The number of methoxy groups -OCH3 is 1. The number of rotatable bonds is 8. The molecule has 0 saturated carbocycles. The third kappa shape index (κ3) is 5.42. The highest BCUT2D eigenvalue weighted by Gasteiger charge is 2.34. The third-order valence-electron chi connectivity index (χ3n) is 5.73. The highest BCUT2D eigenvalue weighted by molar-refractivity contribution is 6.02. The fourth-order valence-electron chi connectivity index (χ4n) is 3.97. The van der Waals surface area contributed by atoms with Crippen LogP contribution in [0.3, 0.4) is 0 Å². The predicted octanol–water partition coefficient (Wildman–Crippen LogP) is 5.83. The van der Waals surface area contributed by atoms with Crippen LogP contribution < -0.4 is 10.1 Å². The second-order valence-electron chi connectivity index (χ2n) is 8.03. The van der Waals surface area contributed by atoms with Gasteiger partial charge in [-0.3, -0.25) is 4.79 Å². The fraction of sp³-hybridized carbons (Fsp3) is 0.100. The zero-order valence-corrected chi connectivity index (χ0v) is 19.0. The first-order valence-corrected chi connectivity index (χ1v) is 11.1. The van der Waals surface area contributed by atoms with Crippen LogP contribution in [-0.4, -0.2) is 18.1 Å². The van der Waals surface area contributed by atoms with Crippen LogP contribution >= 0.6 is 0 Å². The summed E-state index contributed by atoms with van der Waals surface area (Å²) < 4.78 is 5.17. The lowest BCUT2D eigenvalue weighted by atomic mass is 9.80. The van der Waals surface area contributed by atoms with Gasteiger partial charge in [0.25, 0.3) is 0 Å². The number of amides is 1. The minimum Gasteiger partial charge on any atom is -0.497 e. The molecule has 4 nitrogen and oxygen atoms in total. The molecule has 0 heterocycles. The molecule has 0 aliphatic rings. The van der Waals surface area contributed by atoms with Crippen molar-refractivity contribution < 1.29 is 14.6 Å². The molecule has 0 aliphatic carbocycles. The summed E-state index contributed by atoms with van der Waals surface area (Å²) in [6, 6.07) is 34.2. The number of nitrogens with one attached hydrogen (secondary N) is 1. The van der Waals surface area contributed by atoms with E-state index in [4.69, 9.17) is 4.74 Å². The van der Waals surface area contributed by atoms with E-state index in [0.29, 0.717) is 17.7 Å². The molecule has 4 heteroatoms. The number of carbonyl (C=O) groups is 1. The molecule has 1 atom stereocenters. The Morgan fingerprint density at radius 3 is 2.15 bits per heavy atom. The zero-order chi connectivity index (χ0) is 23.8. The Morgan fingerprint density at radius 1 is 0.853 bits per heavy atom. The van der Waals surface area contributed by atoms with E-state index >= 15 is 0 Å². The minimum atomic E-state index is -1.33. The number of ether oxygens (including phenoxy) is 1. The van der Waals surface area contributed by atoms with Crippen molar-refractivity contribution in [2.75, 3.05) is 12.4 Å². The molecule has 34 heavy (non-hydrogen) atoms. The largest absolute Gasteiger partial charge is 0.497 e. The van der Waals surface area contributed by atoms with Crippen molar-refractivity contribution in [2.45, 2.75) is 12.0 Å². The van der Waals surface area contributed by atoms with Crippen LogP contribution in [0.1, 0.15) is 22.3 Å². The smallest absolute Gasteiger partial charge is 0.248 e. The summed E-state index contributed by atoms with van der Waals surface area (Å²) in [7, 11) is 1.62. The maximum absolute atomic E-state index is 12.8. The average Bonchev–Trinajstić information content (AvgIpc) is 2.89. The Kier molecular flexibility index (Phi) is 7.21. The van der Waals surface area contributed by atoms with Crippen molar-refractivity contribution in [2.24, 2.45) is 0 Å². The lowest BCUT2D eigenvalue weighted by molar-refractivity contribution is -0.111. The molecule has 0 saturated heterocycles. The van der Waals surface area contributed by atoms with Crippen LogP contribution in [0.2, 0.25) is 0 Å². The van der Waals surface area contributed by atoms with E-state index in [0.717, 1.165) is 22.4 Å². The van der Waals surface area contributed by atoms with Crippen LogP contribution in [-0.2, 0) is 16.8 Å². The molecule has 170 valence electrons. The summed E-state index contributed by atoms with van der Waals surface area (Å²) in [4.78, 5) is 12.8. The lowest BCUT2D eigenvalue weighted by Gasteiger charge is -2.31. The fourth-order valence-corrected chi connectivity index (χ4v) is 3.97. The highest BCUT2D eigenvalue weighted by Crippen LogP contribution is 2.37. The molecular formula is C30H27NO3. The standard InChI is InChI=1S/C30H27NO3/c1-34-26-19-16-23(17-20-26)18-21-29(32)31-28-15-9-8-14-27(28)30(33,25-12-6-3-7-13-25)22-24-10-4-2-5-11-24/h2-21,33H,22H2,1H3,(H,31,32)/b21-18+/t30-/m1/s1. The number of benzene rings is 4. The summed E-state index contributed by atoms with van der Waals surface area (Å²) in [5.74, 6) is 0.479. The number of anilines is 1. The molecule has 0 unspecified atom stereocenters. The van der Waals surface area contributed by atoms with Gasteiger partial charge in [0, 0.05) is 23.7 Å². The van der Waals surface area contributed by atoms with E-state index in [1.807, 2.05) is 109 Å². The molecule has 2 N–H and O–H groups in total. The molecule has 1 amide bonds. The molecular weight excluding hydrogens is 422 g/mol. The van der Waals surface area contributed by atoms with E-state index < -0.39 is 5.60 Å². The van der Waals surface area contributed by atoms with Crippen molar-refractivity contribution in [3.05, 3.63) is 138 Å². The van der Waals surface area contributed by atoms with Gasteiger partial charge in [-0.05, 0) is 41.0 Å². The first kappa shape index (κ1) is 23.0. The molecule has 0 bridgehead atoms. The topological polar surface area (TPSA) is 58.6 Å². The quantitative estimate of drug-likeness (QED) is 0.333. The van der Waals surface area contributed by atoms with E-state index in [9.17, 15) is 9.90 Å². The van der Waals surface area contributed by atoms with E-state index in [1.54, 1.807) is 13.2 Å². The van der Waals surface area contributed by atoms with Gasteiger partial charge in [0.15, 0.2) is 0 Å². The van der Waals surface area contributed by atoms with Crippen molar-refractivity contribution in [3.8, 4) is 5.75 Å². The Balaban J connectivity index is 1.64. The van der Waals surface area contributed by atoms with Crippen LogP contribution in [0.15, 0.2) is 115 Å². The van der Waals surface area contributed by atoms with Gasteiger partial charge < -0.3 is 15.2 Å². The van der Waals surface area contributed by atoms with Gasteiger partial charge in [-0.1, -0.05) is 91.0 Å². The summed E-state index contributed by atoms with van der Waals surface area (Å²) in [6.07, 6.45) is 3.59. The Morgan fingerprint density at radius 2 is 1.47 bits per heavy atom. The van der Waals surface area contributed by atoms with E-state index in [1.165, 1.54) is 6.08 Å². The van der Waals surface area contributed by atoms with Crippen LogP contribution in [0.5, 0.6) is 5.75 Å². The third-order valence-corrected chi connectivity index (χ3v) is 5.73. The minimum absolute atomic E-state index is 0.279. The van der Waals surface area contributed by atoms with Crippen molar-refractivity contribution >= 4 is 17.7 Å². The molecule has 0 radical (unpaired) electrons. The first-order valence-electron chi connectivity index (χ1n) is 11.1. The Bertz CT molecular complexity index is 1250. The average molecular weight is 450 g/mol. The molecule has 0 fully saturated rings. The first-order chi connectivity index (χ1) is 16.6. The Labute approximate surface area is 200 Å². The number of carbonyl (C=O) groups excluding carboxylic acids is 1. The van der Waals surface area contributed by atoms with Crippen LogP contribution in [0.4, 0.5) is 5.69 Å². The molecule has 4 rings (SSSR count). The predicted molar refractivity (Wildman–Crippen MR) is 137 cm³/mol. The van der Waals surface area contributed by atoms with Gasteiger partial charge in [-0.25, -0.2) is 0 Å². The van der Waals surface area contributed by atoms with E-state index in [-0.39, 0.29) is 5.91 Å². The molecule has 0 aromatic heterocycles. The Hall–Kier alpha value is -4.15.